The van der Waals surface area contributed by atoms with Crippen molar-refractivity contribution in [3.8, 4) is 0 Å². The largest absolute Gasteiger partial charge is 0.462 e. The van der Waals surface area contributed by atoms with Crippen molar-refractivity contribution >= 4 is 17.9 Å². The van der Waals surface area contributed by atoms with Crippen LogP contribution in [0.15, 0.2) is 60.8 Å². The molecule has 0 aromatic rings. The van der Waals surface area contributed by atoms with Gasteiger partial charge in [-0.3, -0.25) is 14.4 Å². The van der Waals surface area contributed by atoms with Crippen LogP contribution in [0.3, 0.4) is 0 Å². The van der Waals surface area contributed by atoms with Gasteiger partial charge in [0.15, 0.2) is 6.10 Å². The van der Waals surface area contributed by atoms with E-state index >= 15 is 0 Å². The van der Waals surface area contributed by atoms with Crippen LogP contribution >= 0.6 is 0 Å². The van der Waals surface area contributed by atoms with Crippen molar-refractivity contribution in [2.24, 2.45) is 0 Å². The summed E-state index contributed by atoms with van der Waals surface area (Å²) in [6.07, 6.45) is 59.3. The summed E-state index contributed by atoms with van der Waals surface area (Å²) >= 11 is 0. The van der Waals surface area contributed by atoms with Crippen LogP contribution in [0, 0.1) is 0 Å². The summed E-state index contributed by atoms with van der Waals surface area (Å²) in [5.41, 5.74) is 0. The van der Waals surface area contributed by atoms with E-state index in [9.17, 15) is 14.4 Å². The van der Waals surface area contributed by atoms with Crippen LogP contribution in [-0.4, -0.2) is 37.2 Å². The van der Waals surface area contributed by atoms with Gasteiger partial charge in [0.2, 0.25) is 0 Å². The quantitative estimate of drug-likeness (QED) is 0.0263. The van der Waals surface area contributed by atoms with Crippen molar-refractivity contribution < 1.29 is 28.6 Å². The highest BCUT2D eigenvalue weighted by atomic mass is 16.6. The molecule has 346 valence electrons. The molecule has 0 amide bonds. The molecule has 0 aliphatic rings. The Morgan fingerprint density at radius 2 is 0.650 bits per heavy atom. The summed E-state index contributed by atoms with van der Waals surface area (Å²) in [6, 6.07) is 0. The fraction of sp³-hybridized carbons (Fsp3) is 0.759. The molecule has 0 heterocycles. The Bertz CT molecular complexity index is 1100. The van der Waals surface area contributed by atoms with Crippen molar-refractivity contribution in [3.63, 3.8) is 0 Å². The molecule has 0 saturated heterocycles. The van der Waals surface area contributed by atoms with Crippen molar-refractivity contribution in [1.82, 2.24) is 0 Å². The summed E-state index contributed by atoms with van der Waals surface area (Å²) in [6.45, 7) is 6.44. The Balaban J connectivity index is 4.41. The molecule has 0 radical (unpaired) electrons. The molecule has 6 heteroatoms. The number of allylic oxidation sites excluding steroid dienone is 10. The molecule has 1 atom stereocenters. The highest BCUT2D eigenvalue weighted by Gasteiger charge is 2.19. The summed E-state index contributed by atoms with van der Waals surface area (Å²) in [4.78, 5) is 37.9. The van der Waals surface area contributed by atoms with Gasteiger partial charge >= 0.3 is 17.9 Å². The third-order valence-corrected chi connectivity index (χ3v) is 10.9. The third-order valence-electron chi connectivity index (χ3n) is 10.9. The zero-order valence-electron chi connectivity index (χ0n) is 39.5. The van der Waals surface area contributed by atoms with Crippen LogP contribution in [-0.2, 0) is 28.6 Å². The monoisotopic (exact) mass is 839 g/mol. The van der Waals surface area contributed by atoms with Crippen LogP contribution in [0.1, 0.15) is 245 Å². The minimum absolute atomic E-state index is 0.0995. The minimum Gasteiger partial charge on any atom is -0.462 e. The average molecular weight is 839 g/mol. The summed E-state index contributed by atoms with van der Waals surface area (Å²) in [5.74, 6) is -0.968. The lowest BCUT2D eigenvalue weighted by Crippen LogP contribution is -2.30. The molecule has 0 rings (SSSR count). The summed E-state index contributed by atoms with van der Waals surface area (Å²) < 4.78 is 16.7. The van der Waals surface area contributed by atoms with E-state index in [0.717, 1.165) is 51.4 Å². The first-order valence-electron chi connectivity index (χ1n) is 25.4. The maximum Gasteiger partial charge on any atom is 0.306 e. The van der Waals surface area contributed by atoms with E-state index in [0.29, 0.717) is 19.3 Å². The first-order chi connectivity index (χ1) is 29.5. The van der Waals surface area contributed by atoms with Gasteiger partial charge in [0.25, 0.3) is 0 Å². The third kappa shape index (κ3) is 46.2. The molecule has 0 saturated carbocycles. The molecule has 0 aliphatic heterocycles. The van der Waals surface area contributed by atoms with Crippen molar-refractivity contribution in [2.45, 2.75) is 252 Å². The van der Waals surface area contributed by atoms with E-state index in [2.05, 4.69) is 26.8 Å². The van der Waals surface area contributed by atoms with Gasteiger partial charge in [-0.15, -0.1) is 0 Å². The predicted molar refractivity (Wildman–Crippen MR) is 256 cm³/mol. The van der Waals surface area contributed by atoms with Crippen LogP contribution in [0.4, 0.5) is 0 Å². The zero-order chi connectivity index (χ0) is 43.7. The van der Waals surface area contributed by atoms with Gasteiger partial charge in [-0.2, -0.15) is 0 Å². The number of hydrogen-bond acceptors (Lipinski definition) is 6. The number of carbonyl (C=O) groups is 3. The maximum atomic E-state index is 12.7. The lowest BCUT2D eigenvalue weighted by Gasteiger charge is -2.18. The zero-order valence-corrected chi connectivity index (χ0v) is 39.5. The average Bonchev–Trinajstić information content (AvgIpc) is 3.24. The van der Waals surface area contributed by atoms with E-state index in [1.165, 1.54) is 148 Å². The lowest BCUT2D eigenvalue weighted by atomic mass is 10.0. The molecule has 0 aromatic carbocycles. The number of carbonyl (C=O) groups excluding carboxylic acids is 3. The van der Waals surface area contributed by atoms with Gasteiger partial charge in [0.05, 0.1) is 0 Å². The van der Waals surface area contributed by atoms with Gasteiger partial charge in [0.1, 0.15) is 13.2 Å². The second kappa shape index (κ2) is 48.8. The highest BCUT2D eigenvalue weighted by molar-refractivity contribution is 5.71. The molecule has 0 spiro atoms. The van der Waals surface area contributed by atoms with Gasteiger partial charge in [-0.1, -0.05) is 255 Å². The minimum atomic E-state index is -0.806. The van der Waals surface area contributed by atoms with Gasteiger partial charge in [-0.25, -0.2) is 0 Å². The smallest absolute Gasteiger partial charge is 0.306 e. The molecule has 6 nitrogen and oxygen atoms in total. The molecule has 0 N–H and O–H groups in total. The Kier molecular flexibility index (Phi) is 46.4. The number of ether oxygens (including phenoxy) is 3. The molecule has 0 bridgehead atoms. The number of hydrogen-bond donors (Lipinski definition) is 0. The van der Waals surface area contributed by atoms with Crippen molar-refractivity contribution in [1.29, 1.82) is 0 Å². The van der Waals surface area contributed by atoms with E-state index in [-0.39, 0.29) is 37.5 Å². The van der Waals surface area contributed by atoms with E-state index in [1.807, 2.05) is 54.7 Å². The van der Waals surface area contributed by atoms with Crippen LogP contribution in [0.25, 0.3) is 0 Å². The second-order valence-corrected chi connectivity index (χ2v) is 16.8. The maximum absolute atomic E-state index is 12.7. The molecular weight excluding hydrogens is 745 g/mol. The number of unbranched alkanes of at least 4 members (excludes halogenated alkanes) is 28. The fourth-order valence-corrected chi connectivity index (χ4v) is 7.12. The number of esters is 3. The SMILES string of the molecule is CC\C=C/C=C\C=C/C=C\C=C/CCCC(=O)OC(COC(=O)CCCCCCCCCCCCCC)COC(=O)CCCCCCCCCCCCCCCCCCC. The fourth-order valence-electron chi connectivity index (χ4n) is 7.12. The van der Waals surface area contributed by atoms with E-state index < -0.39 is 6.10 Å². The second-order valence-electron chi connectivity index (χ2n) is 16.8. The van der Waals surface area contributed by atoms with E-state index in [1.54, 1.807) is 0 Å². The predicted octanol–water partition coefficient (Wildman–Crippen LogP) is 16.5. The summed E-state index contributed by atoms with van der Waals surface area (Å²) in [7, 11) is 0. The Labute approximate surface area is 370 Å². The highest BCUT2D eigenvalue weighted by Crippen LogP contribution is 2.16. The molecule has 0 aromatic heterocycles. The van der Waals surface area contributed by atoms with Crippen molar-refractivity contribution in [2.75, 3.05) is 13.2 Å². The van der Waals surface area contributed by atoms with Gasteiger partial charge in [0, 0.05) is 19.3 Å². The van der Waals surface area contributed by atoms with Gasteiger partial charge < -0.3 is 14.2 Å². The van der Waals surface area contributed by atoms with Gasteiger partial charge in [-0.05, 0) is 32.1 Å². The molecule has 60 heavy (non-hydrogen) atoms. The topological polar surface area (TPSA) is 78.9 Å². The first-order valence-corrected chi connectivity index (χ1v) is 25.4. The first kappa shape index (κ1) is 57.1. The molecule has 0 fully saturated rings. The Hall–Kier alpha value is -2.89. The van der Waals surface area contributed by atoms with Crippen LogP contribution in [0.2, 0.25) is 0 Å². The Morgan fingerprint density at radius 1 is 0.350 bits per heavy atom. The molecule has 1 unspecified atom stereocenters. The molecular formula is C54H94O6. The van der Waals surface area contributed by atoms with Crippen molar-refractivity contribution in [3.05, 3.63) is 60.8 Å². The Morgan fingerprint density at radius 3 is 1.00 bits per heavy atom. The number of rotatable bonds is 45. The molecule has 0 aliphatic carbocycles. The normalized spacial score (nSPS) is 12.5. The van der Waals surface area contributed by atoms with Crippen LogP contribution < -0.4 is 0 Å². The van der Waals surface area contributed by atoms with Crippen LogP contribution in [0.5, 0.6) is 0 Å². The summed E-state index contributed by atoms with van der Waals surface area (Å²) in [5, 5.41) is 0. The standard InChI is InChI=1S/C54H94O6/c1-4-7-10-13-16-19-22-25-26-27-28-30-32-35-38-41-44-47-53(56)59-50-51(49-58-52(55)46-43-40-37-34-31-24-21-18-15-12-9-6-3)60-54(57)48-45-42-39-36-33-29-23-20-17-14-11-8-5-2/h8,11,14,17,20,23,29,33,36,39,51H,4-7,9-10,12-13,15-16,18-19,21-22,24-28,30-32,34-35,37-38,40-50H2,1-3H3/b11-8-,17-14-,23-20-,33-29-,39-36-. The lowest BCUT2D eigenvalue weighted by molar-refractivity contribution is -0.167. The van der Waals surface area contributed by atoms with E-state index in [4.69, 9.17) is 14.2 Å².